The molecule has 35 heavy (non-hydrogen) atoms. The SMILES string of the molecule is COc1ccc(-c2oc3c(OC)c(OC)c(OC(C)=O)c(OC(C)=O)c3c(=O)c2OC(C)=O)cc1. The Bertz CT molecular complexity index is 1370. The number of esters is 3. The Labute approximate surface area is 199 Å². The van der Waals surface area contributed by atoms with E-state index in [1.807, 2.05) is 0 Å². The lowest BCUT2D eigenvalue weighted by Gasteiger charge is -2.19. The molecule has 2 aromatic carbocycles. The highest BCUT2D eigenvalue weighted by Crippen LogP contribution is 2.51. The topological polar surface area (TPSA) is 137 Å². The monoisotopic (exact) mass is 486 g/mol. The number of fused-ring (bicyclic) bond motifs is 1. The third-order valence-electron chi connectivity index (χ3n) is 4.62. The normalized spacial score (nSPS) is 10.5. The Morgan fingerprint density at radius 1 is 0.657 bits per heavy atom. The van der Waals surface area contributed by atoms with Crippen LogP contribution in [0.5, 0.6) is 34.5 Å². The molecular weight excluding hydrogens is 464 g/mol. The predicted octanol–water partition coefficient (Wildman–Crippen LogP) is 3.26. The van der Waals surface area contributed by atoms with Crippen molar-refractivity contribution < 1.29 is 47.2 Å². The fraction of sp³-hybridized carbons (Fsp3) is 0.250. The van der Waals surface area contributed by atoms with Gasteiger partial charge in [-0.2, -0.15) is 0 Å². The summed E-state index contributed by atoms with van der Waals surface area (Å²) in [6, 6.07) is 6.39. The van der Waals surface area contributed by atoms with Crippen LogP contribution in [0.2, 0.25) is 0 Å². The van der Waals surface area contributed by atoms with Crippen molar-refractivity contribution in [2.24, 2.45) is 0 Å². The van der Waals surface area contributed by atoms with E-state index in [0.717, 1.165) is 20.8 Å². The van der Waals surface area contributed by atoms with E-state index in [2.05, 4.69) is 0 Å². The van der Waals surface area contributed by atoms with E-state index >= 15 is 0 Å². The van der Waals surface area contributed by atoms with Gasteiger partial charge in [0.2, 0.25) is 28.4 Å². The molecule has 1 heterocycles. The van der Waals surface area contributed by atoms with E-state index in [1.165, 1.54) is 21.3 Å². The minimum atomic E-state index is -0.891. The molecule has 3 aromatic rings. The van der Waals surface area contributed by atoms with Crippen LogP contribution in [0.1, 0.15) is 20.8 Å². The number of hydrogen-bond acceptors (Lipinski definition) is 11. The zero-order chi connectivity index (χ0) is 25.9. The minimum Gasteiger partial charge on any atom is -0.497 e. The maximum absolute atomic E-state index is 13.7. The van der Waals surface area contributed by atoms with Crippen molar-refractivity contribution in [3.05, 3.63) is 34.5 Å². The van der Waals surface area contributed by atoms with Gasteiger partial charge in [0.15, 0.2) is 17.1 Å². The van der Waals surface area contributed by atoms with Gasteiger partial charge in [0.1, 0.15) is 11.1 Å². The summed E-state index contributed by atoms with van der Waals surface area (Å²) in [7, 11) is 4.02. The van der Waals surface area contributed by atoms with Crippen molar-refractivity contribution in [2.75, 3.05) is 21.3 Å². The van der Waals surface area contributed by atoms with Gasteiger partial charge in [-0.15, -0.1) is 0 Å². The summed E-state index contributed by atoms with van der Waals surface area (Å²) < 4.78 is 37.6. The molecule has 0 radical (unpaired) electrons. The highest BCUT2D eigenvalue weighted by Gasteiger charge is 2.32. The third-order valence-corrected chi connectivity index (χ3v) is 4.62. The number of rotatable bonds is 7. The van der Waals surface area contributed by atoms with Gasteiger partial charge < -0.3 is 32.8 Å². The van der Waals surface area contributed by atoms with Crippen LogP contribution in [0.3, 0.4) is 0 Å². The van der Waals surface area contributed by atoms with Gasteiger partial charge in [-0.05, 0) is 24.3 Å². The molecule has 0 aliphatic carbocycles. The fourth-order valence-electron chi connectivity index (χ4n) is 3.33. The third kappa shape index (κ3) is 4.88. The molecule has 0 spiro atoms. The van der Waals surface area contributed by atoms with Gasteiger partial charge in [0.05, 0.1) is 21.3 Å². The zero-order valence-corrected chi connectivity index (χ0v) is 19.8. The second-order valence-electron chi connectivity index (χ2n) is 7.03. The first-order valence-corrected chi connectivity index (χ1v) is 10.1. The lowest BCUT2D eigenvalue weighted by molar-refractivity contribution is -0.134. The number of hydrogen-bond donors (Lipinski definition) is 0. The van der Waals surface area contributed by atoms with Crippen LogP contribution in [0.4, 0.5) is 0 Å². The minimum absolute atomic E-state index is 0.116. The van der Waals surface area contributed by atoms with Gasteiger partial charge in [-0.1, -0.05) is 0 Å². The molecule has 184 valence electrons. The molecule has 3 rings (SSSR count). The highest BCUT2D eigenvalue weighted by atomic mass is 16.6. The first-order valence-electron chi connectivity index (χ1n) is 10.1. The molecule has 11 nitrogen and oxygen atoms in total. The van der Waals surface area contributed by atoms with Gasteiger partial charge in [-0.25, -0.2) is 0 Å². The maximum atomic E-state index is 13.7. The first kappa shape index (κ1) is 25.1. The zero-order valence-electron chi connectivity index (χ0n) is 19.8. The Morgan fingerprint density at radius 2 is 1.17 bits per heavy atom. The van der Waals surface area contributed by atoms with Crippen LogP contribution in [-0.2, 0) is 14.4 Å². The second-order valence-corrected chi connectivity index (χ2v) is 7.03. The number of benzene rings is 2. The molecular formula is C24H22O11. The molecule has 11 heteroatoms. The van der Waals surface area contributed by atoms with E-state index < -0.39 is 40.6 Å². The van der Waals surface area contributed by atoms with Crippen LogP contribution < -0.4 is 33.8 Å². The molecule has 0 aliphatic heterocycles. The van der Waals surface area contributed by atoms with Crippen molar-refractivity contribution in [1.82, 2.24) is 0 Å². The predicted molar refractivity (Wildman–Crippen MR) is 122 cm³/mol. The smallest absolute Gasteiger partial charge is 0.308 e. The number of carbonyl (C=O) groups excluding carboxylic acids is 3. The number of methoxy groups -OCH3 is 3. The van der Waals surface area contributed by atoms with Crippen LogP contribution in [0, 0.1) is 0 Å². The lowest BCUT2D eigenvalue weighted by Crippen LogP contribution is -2.17. The van der Waals surface area contributed by atoms with Gasteiger partial charge in [-0.3, -0.25) is 19.2 Å². The molecule has 0 saturated heterocycles. The summed E-state index contributed by atoms with van der Waals surface area (Å²) in [5.41, 5.74) is -0.735. The molecule has 1 aromatic heterocycles. The quantitative estimate of drug-likeness (QED) is 0.359. The Balaban J connectivity index is 2.56. The van der Waals surface area contributed by atoms with Crippen LogP contribution >= 0.6 is 0 Å². The van der Waals surface area contributed by atoms with Crippen LogP contribution in [0.25, 0.3) is 22.3 Å². The van der Waals surface area contributed by atoms with Crippen molar-refractivity contribution in [3.8, 4) is 45.8 Å². The average molecular weight is 486 g/mol. The van der Waals surface area contributed by atoms with Crippen LogP contribution in [0.15, 0.2) is 33.5 Å². The van der Waals surface area contributed by atoms with E-state index in [4.69, 9.17) is 32.8 Å². The molecule has 0 unspecified atom stereocenters. The fourth-order valence-corrected chi connectivity index (χ4v) is 3.33. The summed E-state index contributed by atoms with van der Waals surface area (Å²) >= 11 is 0. The van der Waals surface area contributed by atoms with E-state index in [0.29, 0.717) is 11.3 Å². The number of ether oxygens (including phenoxy) is 6. The Morgan fingerprint density at radius 3 is 1.66 bits per heavy atom. The molecule has 0 saturated carbocycles. The lowest BCUT2D eigenvalue weighted by atomic mass is 10.1. The molecule has 0 amide bonds. The average Bonchev–Trinajstić information content (AvgIpc) is 2.80. The summed E-state index contributed by atoms with van der Waals surface area (Å²) in [5.74, 6) is -3.65. The number of carbonyl (C=O) groups is 3. The molecule has 0 aliphatic rings. The van der Waals surface area contributed by atoms with Crippen molar-refractivity contribution in [1.29, 1.82) is 0 Å². The summed E-state index contributed by atoms with van der Waals surface area (Å²) in [5, 5.41) is -0.373. The largest absolute Gasteiger partial charge is 0.497 e. The molecule has 0 bridgehead atoms. The first-order chi connectivity index (χ1) is 16.6. The Hall–Kier alpha value is -4.54. The van der Waals surface area contributed by atoms with Crippen molar-refractivity contribution in [3.63, 3.8) is 0 Å². The molecule has 0 fully saturated rings. The summed E-state index contributed by atoms with van der Waals surface area (Å²) in [4.78, 5) is 49.3. The van der Waals surface area contributed by atoms with E-state index in [1.54, 1.807) is 24.3 Å². The van der Waals surface area contributed by atoms with Crippen molar-refractivity contribution in [2.45, 2.75) is 20.8 Å². The summed E-state index contributed by atoms with van der Waals surface area (Å²) in [6.45, 7) is 3.29. The molecule has 0 atom stereocenters. The van der Waals surface area contributed by atoms with Crippen molar-refractivity contribution >= 4 is 28.9 Å². The van der Waals surface area contributed by atoms with Gasteiger partial charge >= 0.3 is 17.9 Å². The maximum Gasteiger partial charge on any atom is 0.308 e. The standard InChI is InChI=1S/C24H22O11/c1-11(25)32-20-16-17(28)21(33-12(2)26)18(14-7-9-15(29-4)10-8-14)35-19(16)22(30-5)23(31-6)24(20)34-13(3)27/h7-10H,1-6H3. The van der Waals surface area contributed by atoms with Gasteiger partial charge in [0, 0.05) is 26.3 Å². The summed E-state index contributed by atoms with van der Waals surface area (Å²) in [6.07, 6.45) is 0. The van der Waals surface area contributed by atoms with Gasteiger partial charge in [0.25, 0.3) is 0 Å². The Kier molecular flexibility index (Phi) is 7.28. The highest BCUT2D eigenvalue weighted by molar-refractivity contribution is 5.99. The second kappa shape index (κ2) is 10.2. The van der Waals surface area contributed by atoms with E-state index in [-0.39, 0.29) is 28.2 Å². The molecule has 0 N–H and O–H groups in total. The van der Waals surface area contributed by atoms with E-state index in [9.17, 15) is 19.2 Å². The van der Waals surface area contributed by atoms with Crippen LogP contribution in [-0.4, -0.2) is 39.2 Å².